The average molecular weight is 260 g/mol. The van der Waals surface area contributed by atoms with Crippen LogP contribution in [0.5, 0.6) is 0 Å². The van der Waals surface area contributed by atoms with Crippen LogP contribution in [0.3, 0.4) is 0 Å². The molecule has 0 radical (unpaired) electrons. The van der Waals surface area contributed by atoms with Crippen LogP contribution < -0.4 is 0 Å². The Hall–Kier alpha value is -0.920. The van der Waals surface area contributed by atoms with E-state index < -0.39 is 16.3 Å². The third kappa shape index (κ3) is 2.10. The minimum atomic E-state index is -3.58. The molecule has 7 heteroatoms. The monoisotopic (exact) mass is 260 g/mol. The second-order valence-electron chi connectivity index (χ2n) is 4.09. The molecular formula is C10H16N2O4S. The topological polar surface area (TPSA) is 72.6 Å². The molecule has 0 N–H and O–H groups in total. The fraction of sp³-hybridized carbons (Fsp3) is 0.700. The molecule has 1 unspecified atom stereocenters. The van der Waals surface area contributed by atoms with Gasteiger partial charge in [-0.1, -0.05) is 5.16 Å². The molecule has 1 atom stereocenters. The van der Waals surface area contributed by atoms with E-state index in [1.54, 1.807) is 20.8 Å². The van der Waals surface area contributed by atoms with Gasteiger partial charge in [-0.05, 0) is 27.2 Å². The highest BCUT2D eigenvalue weighted by atomic mass is 32.2. The Morgan fingerprint density at radius 3 is 2.65 bits per heavy atom. The maximum absolute atomic E-state index is 12.4. The minimum absolute atomic E-state index is 0.162. The van der Waals surface area contributed by atoms with E-state index in [0.29, 0.717) is 31.0 Å². The van der Waals surface area contributed by atoms with E-state index in [2.05, 4.69) is 5.16 Å². The van der Waals surface area contributed by atoms with Crippen molar-refractivity contribution in [3.63, 3.8) is 0 Å². The lowest BCUT2D eigenvalue weighted by atomic mass is 10.4. The van der Waals surface area contributed by atoms with Gasteiger partial charge in [0.1, 0.15) is 16.8 Å². The summed E-state index contributed by atoms with van der Waals surface area (Å²) in [4.78, 5) is 0.162. The highest BCUT2D eigenvalue weighted by Crippen LogP contribution is 2.26. The molecule has 0 spiro atoms. The molecule has 2 heterocycles. The summed E-state index contributed by atoms with van der Waals surface area (Å²) in [6.07, 6.45) is 0.259. The van der Waals surface area contributed by atoms with E-state index in [4.69, 9.17) is 9.26 Å². The van der Waals surface area contributed by atoms with Crippen molar-refractivity contribution in [3.8, 4) is 0 Å². The van der Waals surface area contributed by atoms with Gasteiger partial charge in [-0.25, -0.2) is 8.42 Å². The first-order valence-electron chi connectivity index (χ1n) is 5.51. The number of ether oxygens (including phenoxy) is 1. The van der Waals surface area contributed by atoms with Gasteiger partial charge < -0.3 is 9.26 Å². The molecule has 1 aliphatic rings. The zero-order valence-electron chi connectivity index (χ0n) is 10.1. The van der Waals surface area contributed by atoms with E-state index in [1.807, 2.05) is 0 Å². The van der Waals surface area contributed by atoms with Crippen molar-refractivity contribution in [1.82, 2.24) is 9.46 Å². The smallest absolute Gasteiger partial charge is 0.250 e. The number of hydrogen-bond acceptors (Lipinski definition) is 5. The van der Waals surface area contributed by atoms with E-state index in [9.17, 15) is 8.42 Å². The molecule has 2 rings (SSSR count). The van der Waals surface area contributed by atoms with Gasteiger partial charge in [-0.2, -0.15) is 4.31 Å². The molecule has 96 valence electrons. The first-order chi connectivity index (χ1) is 7.94. The van der Waals surface area contributed by atoms with Crippen LogP contribution in [0.2, 0.25) is 0 Å². The first kappa shape index (κ1) is 12.5. The van der Waals surface area contributed by atoms with Gasteiger partial charge in [-0.3, -0.25) is 0 Å². The third-order valence-electron chi connectivity index (χ3n) is 2.82. The molecule has 0 bridgehead atoms. The van der Waals surface area contributed by atoms with Crippen molar-refractivity contribution < 1.29 is 17.7 Å². The maximum atomic E-state index is 12.4. The molecule has 1 fully saturated rings. The van der Waals surface area contributed by atoms with Gasteiger partial charge in [0.05, 0.1) is 0 Å². The predicted octanol–water partition coefficient (Wildman–Crippen LogP) is 1.05. The van der Waals surface area contributed by atoms with Crippen LogP contribution >= 0.6 is 0 Å². The number of aromatic nitrogens is 1. The molecule has 6 nitrogen and oxygen atoms in total. The lowest BCUT2D eigenvalue weighted by Crippen LogP contribution is -2.44. The lowest BCUT2D eigenvalue weighted by Gasteiger charge is -2.32. The van der Waals surface area contributed by atoms with Gasteiger partial charge in [0.15, 0.2) is 5.76 Å². The first-order valence-corrected chi connectivity index (χ1v) is 6.95. The molecule has 1 saturated heterocycles. The van der Waals surface area contributed by atoms with Crippen LogP contribution in [0.4, 0.5) is 0 Å². The number of aryl methyl sites for hydroxylation is 2. The van der Waals surface area contributed by atoms with Crippen molar-refractivity contribution in [2.24, 2.45) is 0 Å². The highest BCUT2D eigenvalue weighted by Gasteiger charge is 2.35. The quantitative estimate of drug-likeness (QED) is 0.794. The summed E-state index contributed by atoms with van der Waals surface area (Å²) >= 11 is 0. The van der Waals surface area contributed by atoms with Crippen molar-refractivity contribution >= 4 is 10.0 Å². The average Bonchev–Trinajstić information content (AvgIpc) is 2.59. The zero-order chi connectivity index (χ0) is 12.6. The fourth-order valence-corrected chi connectivity index (χ4v) is 3.88. The largest absolute Gasteiger partial charge is 0.362 e. The summed E-state index contributed by atoms with van der Waals surface area (Å²) in [7, 11) is -3.58. The van der Waals surface area contributed by atoms with Crippen molar-refractivity contribution in [2.45, 2.75) is 38.3 Å². The standard InChI is InChI=1S/C10H16N2O4S/c1-7-10(8(2)16-11-7)17(13,14)12-5-4-6-15-9(12)3/h9H,4-6H2,1-3H3. The summed E-state index contributed by atoms with van der Waals surface area (Å²) < 4.78 is 36.5. The Morgan fingerprint density at radius 1 is 1.41 bits per heavy atom. The number of sulfonamides is 1. The van der Waals surface area contributed by atoms with Crippen LogP contribution in [0.15, 0.2) is 9.42 Å². The van der Waals surface area contributed by atoms with Crippen molar-refractivity contribution in [3.05, 3.63) is 11.5 Å². The van der Waals surface area contributed by atoms with Gasteiger partial charge in [0.2, 0.25) is 0 Å². The Morgan fingerprint density at radius 2 is 2.12 bits per heavy atom. The second-order valence-corrected chi connectivity index (χ2v) is 5.92. The van der Waals surface area contributed by atoms with Gasteiger partial charge >= 0.3 is 0 Å². The van der Waals surface area contributed by atoms with Crippen molar-refractivity contribution in [2.75, 3.05) is 13.2 Å². The van der Waals surface area contributed by atoms with Crippen LogP contribution in [-0.4, -0.2) is 37.3 Å². The molecule has 1 aromatic heterocycles. The van der Waals surface area contributed by atoms with Crippen LogP contribution in [0.25, 0.3) is 0 Å². The number of hydrogen-bond donors (Lipinski definition) is 0. The molecule has 1 aromatic rings. The Labute approximate surface area is 101 Å². The summed E-state index contributed by atoms with van der Waals surface area (Å²) in [6.45, 7) is 6.01. The minimum Gasteiger partial charge on any atom is -0.362 e. The molecule has 0 aliphatic carbocycles. The van der Waals surface area contributed by atoms with E-state index in [-0.39, 0.29) is 4.90 Å². The van der Waals surface area contributed by atoms with E-state index >= 15 is 0 Å². The molecule has 17 heavy (non-hydrogen) atoms. The number of rotatable bonds is 2. The van der Waals surface area contributed by atoms with Gasteiger partial charge in [0, 0.05) is 13.2 Å². The summed E-state index contributed by atoms with van der Waals surface area (Å²) in [6, 6.07) is 0. The summed E-state index contributed by atoms with van der Waals surface area (Å²) in [5.74, 6) is 0.320. The summed E-state index contributed by atoms with van der Waals surface area (Å²) in [5.41, 5.74) is 0.389. The zero-order valence-corrected chi connectivity index (χ0v) is 11.0. The van der Waals surface area contributed by atoms with Crippen molar-refractivity contribution in [1.29, 1.82) is 0 Å². The SMILES string of the molecule is Cc1noc(C)c1S(=O)(=O)N1CCCOC1C. The Kier molecular flexibility index (Phi) is 3.24. The normalized spacial score (nSPS) is 22.9. The molecular weight excluding hydrogens is 244 g/mol. The van der Waals surface area contributed by atoms with E-state index in [1.165, 1.54) is 4.31 Å². The Balaban J connectivity index is 2.42. The number of nitrogens with zero attached hydrogens (tertiary/aromatic N) is 2. The second kappa shape index (κ2) is 4.40. The van der Waals surface area contributed by atoms with Crippen LogP contribution in [0, 0.1) is 13.8 Å². The highest BCUT2D eigenvalue weighted by molar-refractivity contribution is 7.89. The van der Waals surface area contributed by atoms with Gasteiger partial charge in [-0.15, -0.1) is 0 Å². The Bertz CT molecular complexity index is 489. The third-order valence-corrected chi connectivity index (χ3v) is 5.02. The molecule has 0 aromatic carbocycles. The molecule has 1 aliphatic heterocycles. The molecule has 0 amide bonds. The van der Waals surface area contributed by atoms with Gasteiger partial charge in [0.25, 0.3) is 10.0 Å². The van der Waals surface area contributed by atoms with Crippen LogP contribution in [-0.2, 0) is 14.8 Å². The van der Waals surface area contributed by atoms with Crippen LogP contribution in [0.1, 0.15) is 24.8 Å². The predicted molar refractivity (Wildman–Crippen MR) is 59.9 cm³/mol. The maximum Gasteiger partial charge on any atom is 0.250 e. The lowest BCUT2D eigenvalue weighted by molar-refractivity contribution is -0.0411. The fourth-order valence-electron chi connectivity index (χ4n) is 2.01. The van der Waals surface area contributed by atoms with E-state index in [0.717, 1.165) is 0 Å². The molecule has 0 saturated carbocycles. The summed E-state index contributed by atoms with van der Waals surface area (Å²) in [5, 5.41) is 3.68.